The second-order valence-electron chi connectivity index (χ2n) is 5.35. The Morgan fingerprint density at radius 2 is 2.16 bits per heavy atom. The Morgan fingerprint density at radius 3 is 2.89 bits per heavy atom. The number of aromatic nitrogens is 1. The summed E-state index contributed by atoms with van der Waals surface area (Å²) in [5.41, 5.74) is 1.94. The molecule has 0 aliphatic carbocycles. The Morgan fingerprint density at radius 1 is 1.37 bits per heavy atom. The summed E-state index contributed by atoms with van der Waals surface area (Å²) in [5.74, 6) is 0. The molecule has 4 heteroatoms. The predicted octanol–water partition coefficient (Wildman–Crippen LogP) is 3.14. The summed E-state index contributed by atoms with van der Waals surface area (Å²) in [4.78, 5) is 4.42. The van der Waals surface area contributed by atoms with Crippen molar-refractivity contribution in [2.24, 2.45) is 0 Å². The standard InChI is InChI=1S/C15H19ClN2O/c1-15(2,5-7-19)18-10-12-9-13(16)8-11-4-3-6-17-14(11)12/h3-4,6,8-9,18-19H,5,7,10H2,1-2H3. The highest BCUT2D eigenvalue weighted by molar-refractivity contribution is 6.31. The average Bonchev–Trinajstić information content (AvgIpc) is 2.36. The molecule has 2 rings (SSSR count). The molecule has 0 saturated carbocycles. The zero-order valence-electron chi connectivity index (χ0n) is 11.3. The molecular formula is C15H19ClN2O. The van der Waals surface area contributed by atoms with Crippen molar-refractivity contribution in [3.63, 3.8) is 0 Å². The summed E-state index contributed by atoms with van der Waals surface area (Å²) in [6, 6.07) is 7.79. The van der Waals surface area contributed by atoms with E-state index in [1.807, 2.05) is 24.3 Å². The molecule has 0 spiro atoms. The van der Waals surface area contributed by atoms with E-state index in [-0.39, 0.29) is 12.1 Å². The minimum atomic E-state index is -0.113. The summed E-state index contributed by atoms with van der Waals surface area (Å²) in [6.07, 6.45) is 2.50. The molecule has 1 heterocycles. The Bertz CT molecular complexity index is 569. The Kier molecular flexibility index (Phi) is 4.40. The van der Waals surface area contributed by atoms with Crippen molar-refractivity contribution in [2.45, 2.75) is 32.4 Å². The number of rotatable bonds is 5. The minimum Gasteiger partial charge on any atom is -0.396 e. The summed E-state index contributed by atoms with van der Waals surface area (Å²) < 4.78 is 0. The highest BCUT2D eigenvalue weighted by atomic mass is 35.5. The van der Waals surface area contributed by atoms with Gasteiger partial charge in [0, 0.05) is 35.3 Å². The summed E-state index contributed by atoms with van der Waals surface area (Å²) in [7, 11) is 0. The van der Waals surface area contributed by atoms with Gasteiger partial charge < -0.3 is 10.4 Å². The van der Waals surface area contributed by atoms with E-state index in [4.69, 9.17) is 16.7 Å². The van der Waals surface area contributed by atoms with Gasteiger partial charge in [-0.1, -0.05) is 17.7 Å². The van der Waals surface area contributed by atoms with Crippen LogP contribution < -0.4 is 5.32 Å². The highest BCUT2D eigenvalue weighted by Gasteiger charge is 2.16. The van der Waals surface area contributed by atoms with Crippen LogP contribution in [0.15, 0.2) is 30.5 Å². The number of pyridine rings is 1. The van der Waals surface area contributed by atoms with Gasteiger partial charge >= 0.3 is 0 Å². The predicted molar refractivity (Wildman–Crippen MR) is 79.4 cm³/mol. The van der Waals surface area contributed by atoms with Crippen LogP contribution >= 0.6 is 11.6 Å². The van der Waals surface area contributed by atoms with E-state index >= 15 is 0 Å². The van der Waals surface area contributed by atoms with Crippen molar-refractivity contribution >= 4 is 22.5 Å². The molecule has 19 heavy (non-hydrogen) atoms. The Labute approximate surface area is 118 Å². The molecule has 2 aromatic rings. The molecule has 0 saturated heterocycles. The zero-order chi connectivity index (χ0) is 13.9. The first kappa shape index (κ1) is 14.3. The van der Waals surface area contributed by atoms with Crippen LogP contribution in [0.3, 0.4) is 0 Å². The molecule has 0 aliphatic heterocycles. The summed E-state index contributed by atoms with van der Waals surface area (Å²) in [5, 5.41) is 14.2. The largest absolute Gasteiger partial charge is 0.396 e. The first-order chi connectivity index (χ1) is 9.02. The third-order valence-corrected chi connectivity index (χ3v) is 3.46. The fourth-order valence-electron chi connectivity index (χ4n) is 2.06. The maximum Gasteiger partial charge on any atom is 0.0747 e. The van der Waals surface area contributed by atoms with Gasteiger partial charge in [0.15, 0.2) is 0 Å². The molecule has 1 aromatic carbocycles. The van der Waals surface area contributed by atoms with Crippen LogP contribution in [0.5, 0.6) is 0 Å². The first-order valence-corrected chi connectivity index (χ1v) is 6.79. The number of nitrogens with one attached hydrogen (secondary N) is 1. The lowest BCUT2D eigenvalue weighted by Crippen LogP contribution is -2.39. The number of aliphatic hydroxyl groups is 1. The van der Waals surface area contributed by atoms with Gasteiger partial charge in [-0.15, -0.1) is 0 Å². The third-order valence-electron chi connectivity index (χ3n) is 3.24. The maximum atomic E-state index is 9.04. The van der Waals surface area contributed by atoms with Crippen LogP contribution in [0.25, 0.3) is 10.9 Å². The van der Waals surface area contributed by atoms with Crippen molar-refractivity contribution in [1.82, 2.24) is 10.3 Å². The molecule has 0 aliphatic rings. The van der Waals surface area contributed by atoms with Crippen LogP contribution in [0.4, 0.5) is 0 Å². The number of nitrogens with zero attached hydrogens (tertiary/aromatic N) is 1. The molecule has 0 atom stereocenters. The summed E-state index contributed by atoms with van der Waals surface area (Å²) in [6.45, 7) is 5.00. The monoisotopic (exact) mass is 278 g/mol. The van der Waals surface area contributed by atoms with Gasteiger partial charge in [0.1, 0.15) is 0 Å². The molecule has 0 unspecified atom stereocenters. The third kappa shape index (κ3) is 3.66. The normalized spacial score (nSPS) is 12.0. The van der Waals surface area contributed by atoms with E-state index in [0.717, 1.165) is 21.5 Å². The van der Waals surface area contributed by atoms with E-state index in [9.17, 15) is 0 Å². The van der Waals surface area contributed by atoms with Crippen LogP contribution in [0.2, 0.25) is 5.02 Å². The first-order valence-electron chi connectivity index (χ1n) is 6.41. The van der Waals surface area contributed by atoms with Gasteiger partial charge in [0.05, 0.1) is 5.52 Å². The van der Waals surface area contributed by atoms with Gasteiger partial charge in [-0.2, -0.15) is 0 Å². The molecule has 102 valence electrons. The lowest BCUT2D eigenvalue weighted by Gasteiger charge is -2.25. The fourth-order valence-corrected chi connectivity index (χ4v) is 2.31. The van der Waals surface area contributed by atoms with Crippen molar-refractivity contribution in [1.29, 1.82) is 0 Å². The molecule has 0 radical (unpaired) electrons. The maximum absolute atomic E-state index is 9.04. The Hall–Kier alpha value is -1.16. The van der Waals surface area contributed by atoms with Gasteiger partial charge in [-0.3, -0.25) is 4.98 Å². The second kappa shape index (κ2) is 5.87. The quantitative estimate of drug-likeness (QED) is 0.883. The Balaban J connectivity index is 2.25. The van der Waals surface area contributed by atoms with Crippen LogP contribution in [-0.4, -0.2) is 22.2 Å². The highest BCUT2D eigenvalue weighted by Crippen LogP contribution is 2.23. The number of benzene rings is 1. The number of hydrogen-bond donors (Lipinski definition) is 2. The van der Waals surface area contributed by atoms with E-state index < -0.39 is 0 Å². The average molecular weight is 279 g/mol. The lowest BCUT2D eigenvalue weighted by molar-refractivity contribution is 0.230. The molecule has 1 aromatic heterocycles. The smallest absolute Gasteiger partial charge is 0.0747 e. The molecule has 0 amide bonds. The van der Waals surface area contributed by atoms with Crippen molar-refractivity contribution in [2.75, 3.05) is 6.61 Å². The minimum absolute atomic E-state index is 0.113. The zero-order valence-corrected chi connectivity index (χ0v) is 12.0. The van der Waals surface area contributed by atoms with E-state index in [2.05, 4.69) is 24.1 Å². The molecule has 3 nitrogen and oxygen atoms in total. The van der Waals surface area contributed by atoms with Gasteiger partial charge in [-0.05, 0) is 44.0 Å². The van der Waals surface area contributed by atoms with Gasteiger partial charge in [0.25, 0.3) is 0 Å². The molecule has 0 fully saturated rings. The topological polar surface area (TPSA) is 45.1 Å². The molecular weight excluding hydrogens is 260 g/mol. The number of hydrogen-bond acceptors (Lipinski definition) is 3. The summed E-state index contributed by atoms with van der Waals surface area (Å²) >= 11 is 6.14. The van der Waals surface area contributed by atoms with Crippen LogP contribution in [-0.2, 0) is 6.54 Å². The van der Waals surface area contributed by atoms with Crippen LogP contribution in [0.1, 0.15) is 25.8 Å². The van der Waals surface area contributed by atoms with E-state index in [1.165, 1.54) is 0 Å². The fraction of sp³-hybridized carbons (Fsp3) is 0.400. The lowest BCUT2D eigenvalue weighted by atomic mass is 10.0. The van der Waals surface area contributed by atoms with E-state index in [0.29, 0.717) is 13.0 Å². The van der Waals surface area contributed by atoms with Crippen molar-refractivity contribution < 1.29 is 5.11 Å². The molecule has 2 N–H and O–H groups in total. The molecule has 0 bridgehead atoms. The van der Waals surface area contributed by atoms with E-state index in [1.54, 1.807) is 6.20 Å². The SMILES string of the molecule is CC(C)(CCO)NCc1cc(Cl)cc2cccnc12. The number of aliphatic hydroxyl groups excluding tert-OH is 1. The number of fused-ring (bicyclic) bond motifs is 1. The van der Waals surface area contributed by atoms with Crippen molar-refractivity contribution in [3.8, 4) is 0 Å². The number of halogens is 1. The van der Waals surface area contributed by atoms with Crippen LogP contribution in [0, 0.1) is 0 Å². The van der Waals surface area contributed by atoms with Gasteiger partial charge in [-0.25, -0.2) is 0 Å². The van der Waals surface area contributed by atoms with Crippen molar-refractivity contribution in [3.05, 3.63) is 41.0 Å². The van der Waals surface area contributed by atoms with Gasteiger partial charge in [0.2, 0.25) is 0 Å². The second-order valence-corrected chi connectivity index (χ2v) is 5.79.